The van der Waals surface area contributed by atoms with Crippen molar-refractivity contribution >= 4 is 11.6 Å². The molecular weight excluding hydrogens is 521 g/mol. The largest absolute Gasteiger partial charge is 1.00 e. The van der Waals surface area contributed by atoms with Crippen LogP contribution in [0.3, 0.4) is 0 Å². The van der Waals surface area contributed by atoms with Gasteiger partial charge in [0.15, 0.2) is 5.82 Å². The third kappa shape index (κ3) is 6.30. The van der Waals surface area contributed by atoms with Gasteiger partial charge in [-0.2, -0.15) is 0 Å². The number of aromatic nitrogens is 2. The topological polar surface area (TPSA) is 98.0 Å². The van der Waals surface area contributed by atoms with Crippen LogP contribution in [0.5, 0.6) is 0 Å². The second-order valence-corrected chi connectivity index (χ2v) is 8.30. The van der Waals surface area contributed by atoms with Crippen molar-refractivity contribution in [2.75, 3.05) is 34.2 Å². The van der Waals surface area contributed by atoms with E-state index >= 15 is 0 Å². The Morgan fingerprint density at radius 2 is 1.69 bits per heavy atom. The smallest absolute Gasteiger partial charge is 0.270 e. The molecule has 0 aliphatic carbocycles. The molecule has 8 nitrogen and oxygen atoms in total. The summed E-state index contributed by atoms with van der Waals surface area (Å²) in [6, 6.07) is 15.6. The molecule has 0 unspecified atom stereocenters. The number of hydrogen-bond acceptors (Lipinski definition) is 5. The number of non-ortho nitro benzene ring substituents is 1. The number of hydrogen-bond donors (Lipinski definition) is 1. The molecule has 0 saturated heterocycles. The van der Waals surface area contributed by atoms with Gasteiger partial charge in [-0.05, 0) is 6.92 Å². The van der Waals surface area contributed by atoms with Gasteiger partial charge < -0.3 is 33.8 Å². The normalized spacial score (nSPS) is 10.9. The van der Waals surface area contributed by atoms with E-state index in [1.165, 1.54) is 12.1 Å². The molecule has 168 valence electrons. The Hall–Kier alpha value is -2.92. The Labute approximate surface area is 204 Å². The molecule has 3 aromatic rings. The summed E-state index contributed by atoms with van der Waals surface area (Å²) in [5.41, 5.74) is 2.44. The van der Waals surface area contributed by atoms with Crippen LogP contribution in [0.25, 0.3) is 22.6 Å². The third-order valence-electron chi connectivity index (χ3n) is 4.75. The number of carbonyl (C=O) groups excluding carboxylic acids is 1. The molecule has 0 radical (unpaired) electrons. The first-order chi connectivity index (χ1) is 14.7. The predicted molar refractivity (Wildman–Crippen MR) is 120 cm³/mol. The highest BCUT2D eigenvalue weighted by Crippen LogP contribution is 2.29. The van der Waals surface area contributed by atoms with E-state index in [1.807, 2.05) is 51.5 Å². The van der Waals surface area contributed by atoms with Crippen LogP contribution >= 0.6 is 0 Å². The van der Waals surface area contributed by atoms with E-state index in [4.69, 9.17) is 0 Å². The highest BCUT2D eigenvalue weighted by Gasteiger charge is 2.22. The lowest BCUT2D eigenvalue weighted by Crippen LogP contribution is -3.00. The van der Waals surface area contributed by atoms with Gasteiger partial charge in [-0.25, -0.2) is 9.97 Å². The molecule has 0 atom stereocenters. The van der Waals surface area contributed by atoms with Gasteiger partial charge in [-0.15, -0.1) is 0 Å². The average molecular weight is 547 g/mol. The van der Waals surface area contributed by atoms with Crippen LogP contribution in [-0.2, 0) is 0 Å². The van der Waals surface area contributed by atoms with Crippen LogP contribution < -0.4 is 29.3 Å². The molecular formula is C23H26IN5O3. The molecule has 0 aliphatic heterocycles. The van der Waals surface area contributed by atoms with Crippen LogP contribution in [0.1, 0.15) is 16.1 Å². The molecule has 32 heavy (non-hydrogen) atoms. The number of nitro benzene ring substituents is 1. The quantitative estimate of drug-likeness (QED) is 0.201. The van der Waals surface area contributed by atoms with Crippen molar-refractivity contribution in [3.05, 3.63) is 76.0 Å². The summed E-state index contributed by atoms with van der Waals surface area (Å²) in [6.07, 6.45) is 0. The SMILES string of the molecule is Cc1nc(-c2ccccc2)nc(-c2cccc([N+](=O)[O-])c2)c1C(=O)NCC[N+](C)(C)C.[I-]. The zero-order valence-corrected chi connectivity index (χ0v) is 20.7. The van der Waals surface area contributed by atoms with Crippen molar-refractivity contribution in [1.82, 2.24) is 15.3 Å². The Kier molecular flexibility index (Phi) is 8.39. The molecule has 0 spiro atoms. The summed E-state index contributed by atoms with van der Waals surface area (Å²) < 4.78 is 0.709. The lowest BCUT2D eigenvalue weighted by molar-refractivity contribution is -0.869. The third-order valence-corrected chi connectivity index (χ3v) is 4.75. The number of aryl methyl sites for hydroxylation is 1. The monoisotopic (exact) mass is 547 g/mol. The number of nitrogens with one attached hydrogen (secondary N) is 1. The minimum absolute atomic E-state index is 0. The zero-order chi connectivity index (χ0) is 22.6. The van der Waals surface area contributed by atoms with Crippen LogP contribution in [0, 0.1) is 17.0 Å². The van der Waals surface area contributed by atoms with Gasteiger partial charge in [0.2, 0.25) is 0 Å². The molecule has 1 heterocycles. The maximum Gasteiger partial charge on any atom is 0.270 e. The second-order valence-electron chi connectivity index (χ2n) is 8.30. The summed E-state index contributed by atoms with van der Waals surface area (Å²) in [5, 5.41) is 14.2. The summed E-state index contributed by atoms with van der Waals surface area (Å²) in [6.45, 7) is 2.99. The van der Waals surface area contributed by atoms with Gasteiger partial charge in [-0.1, -0.05) is 42.5 Å². The number of halogens is 1. The average Bonchev–Trinajstić information content (AvgIpc) is 2.72. The van der Waals surface area contributed by atoms with E-state index in [1.54, 1.807) is 19.1 Å². The van der Waals surface area contributed by atoms with E-state index < -0.39 is 4.92 Å². The lowest BCUT2D eigenvalue weighted by atomic mass is 10.0. The number of carbonyl (C=O) groups is 1. The van der Waals surface area contributed by atoms with Crippen LogP contribution in [0.15, 0.2) is 54.6 Å². The molecule has 1 amide bonds. The van der Waals surface area contributed by atoms with Gasteiger partial charge in [0.25, 0.3) is 11.6 Å². The molecule has 3 rings (SSSR count). The van der Waals surface area contributed by atoms with Crippen molar-refractivity contribution in [3.8, 4) is 22.6 Å². The molecule has 9 heteroatoms. The number of nitro groups is 1. The number of nitrogens with zero attached hydrogens (tertiary/aromatic N) is 4. The van der Waals surface area contributed by atoms with Crippen molar-refractivity contribution in [2.45, 2.75) is 6.92 Å². The van der Waals surface area contributed by atoms with Gasteiger partial charge >= 0.3 is 0 Å². The second kappa shape index (κ2) is 10.6. The summed E-state index contributed by atoms with van der Waals surface area (Å²) in [4.78, 5) is 33.1. The first kappa shape index (κ1) is 25.3. The van der Waals surface area contributed by atoms with E-state index in [0.29, 0.717) is 39.4 Å². The van der Waals surface area contributed by atoms with E-state index in [-0.39, 0.29) is 35.6 Å². The minimum atomic E-state index is -0.462. The van der Waals surface area contributed by atoms with Crippen LogP contribution in [0.4, 0.5) is 5.69 Å². The zero-order valence-electron chi connectivity index (χ0n) is 18.5. The maximum atomic E-state index is 13.1. The van der Waals surface area contributed by atoms with Gasteiger partial charge in [0, 0.05) is 23.3 Å². The molecule has 0 fully saturated rings. The Bertz CT molecular complexity index is 1110. The van der Waals surface area contributed by atoms with Gasteiger partial charge in [0.05, 0.1) is 56.1 Å². The van der Waals surface area contributed by atoms with E-state index in [9.17, 15) is 14.9 Å². The molecule has 1 aromatic heterocycles. The van der Waals surface area contributed by atoms with E-state index in [0.717, 1.165) is 12.1 Å². The highest BCUT2D eigenvalue weighted by atomic mass is 127. The first-order valence-corrected chi connectivity index (χ1v) is 9.93. The number of rotatable bonds is 7. The molecule has 0 aliphatic rings. The molecule has 1 N–H and O–H groups in total. The lowest BCUT2D eigenvalue weighted by Gasteiger charge is -2.24. The number of amides is 1. The Morgan fingerprint density at radius 1 is 1.03 bits per heavy atom. The Morgan fingerprint density at radius 3 is 2.31 bits per heavy atom. The standard InChI is InChI=1S/C23H25N5O3.HI/c1-16-20(23(29)24-13-14-28(2,3)4)21(18-11-8-12-19(15-18)27(30)31)26-22(25-16)17-9-6-5-7-10-17;/h5-12,15H,13-14H2,1-4H3;1H. The van der Waals surface area contributed by atoms with Crippen LogP contribution in [-0.4, -0.2) is 59.5 Å². The number of benzene rings is 2. The predicted octanol–water partition coefficient (Wildman–Crippen LogP) is 0.467. The van der Waals surface area contributed by atoms with E-state index in [2.05, 4.69) is 15.3 Å². The van der Waals surface area contributed by atoms with Crippen LogP contribution in [0.2, 0.25) is 0 Å². The Balaban J connectivity index is 0.00000363. The summed E-state index contributed by atoms with van der Waals surface area (Å²) >= 11 is 0. The molecule has 0 bridgehead atoms. The fourth-order valence-electron chi connectivity index (χ4n) is 3.13. The van der Waals surface area contributed by atoms with Crippen molar-refractivity contribution < 1.29 is 38.2 Å². The van der Waals surface area contributed by atoms with Gasteiger partial charge in [0.1, 0.15) is 0 Å². The number of quaternary nitrogens is 1. The fourth-order valence-corrected chi connectivity index (χ4v) is 3.13. The number of likely N-dealkylation sites (N-methyl/N-ethyl adjacent to an activating group) is 1. The van der Waals surface area contributed by atoms with Gasteiger partial charge in [-0.3, -0.25) is 14.9 Å². The maximum absolute atomic E-state index is 13.1. The first-order valence-electron chi connectivity index (χ1n) is 9.93. The highest BCUT2D eigenvalue weighted by molar-refractivity contribution is 6.01. The van der Waals surface area contributed by atoms with Crippen molar-refractivity contribution in [2.24, 2.45) is 0 Å². The minimum Gasteiger partial charge on any atom is -1.00 e. The van der Waals surface area contributed by atoms with Crippen molar-refractivity contribution in [1.29, 1.82) is 0 Å². The van der Waals surface area contributed by atoms with Crippen molar-refractivity contribution in [3.63, 3.8) is 0 Å². The summed E-state index contributed by atoms with van der Waals surface area (Å²) in [5.74, 6) is 0.162. The summed E-state index contributed by atoms with van der Waals surface area (Å²) in [7, 11) is 6.14. The molecule has 0 saturated carbocycles. The molecule has 2 aromatic carbocycles. The fraction of sp³-hybridized carbons (Fsp3) is 0.261.